The van der Waals surface area contributed by atoms with Crippen LogP contribution < -0.4 is 21.3 Å². The quantitative estimate of drug-likeness (QED) is 0.439. The Bertz CT molecular complexity index is 1540. The summed E-state index contributed by atoms with van der Waals surface area (Å²) in [6.07, 6.45) is -0.219. The Morgan fingerprint density at radius 3 is 2.62 bits per heavy atom. The van der Waals surface area contributed by atoms with Crippen LogP contribution in [0.15, 0.2) is 33.2 Å². The van der Waals surface area contributed by atoms with Crippen LogP contribution in [0.25, 0.3) is 22.3 Å². The van der Waals surface area contributed by atoms with Crippen LogP contribution in [0, 0.1) is 5.82 Å². The van der Waals surface area contributed by atoms with Crippen LogP contribution in [0.3, 0.4) is 0 Å². The number of aryl methyl sites for hydroxylation is 2. The minimum atomic E-state index is -3.15. The second-order valence-electron chi connectivity index (χ2n) is 7.26. The maximum Gasteiger partial charge on any atom is 0.387 e. The molecule has 0 radical (unpaired) electrons. The molecule has 0 aliphatic heterocycles. The number of rotatable bonds is 6. The van der Waals surface area contributed by atoms with Gasteiger partial charge in [0.05, 0.1) is 17.8 Å². The SMILES string of the molecule is Cn1nc2c(c1CC(=O)Nc1nc(-c3ccc(OC(F)F)c(F)c3)cs1)c(=O)n(C)c(=O)n2C. The molecule has 1 N–H and O–H groups in total. The fourth-order valence-corrected chi connectivity index (χ4v) is 4.14. The van der Waals surface area contributed by atoms with E-state index >= 15 is 0 Å². The van der Waals surface area contributed by atoms with Crippen molar-refractivity contribution in [2.45, 2.75) is 13.0 Å². The van der Waals surface area contributed by atoms with E-state index in [0.717, 1.165) is 28.0 Å². The van der Waals surface area contributed by atoms with Gasteiger partial charge in [0.25, 0.3) is 5.56 Å². The van der Waals surface area contributed by atoms with Crippen molar-refractivity contribution in [3.05, 3.63) is 55.9 Å². The number of hydrogen-bond acceptors (Lipinski definition) is 7. The lowest BCUT2D eigenvalue weighted by Gasteiger charge is -2.06. The number of aromatic nitrogens is 5. The highest BCUT2D eigenvalue weighted by Gasteiger charge is 2.21. The summed E-state index contributed by atoms with van der Waals surface area (Å²) in [7, 11) is 4.38. The number of nitrogens with one attached hydrogen (secondary N) is 1. The second-order valence-corrected chi connectivity index (χ2v) is 8.12. The first-order chi connectivity index (χ1) is 16.1. The van der Waals surface area contributed by atoms with Gasteiger partial charge in [0.2, 0.25) is 5.91 Å². The lowest BCUT2D eigenvalue weighted by molar-refractivity contribution is -0.115. The number of anilines is 1. The van der Waals surface area contributed by atoms with Crippen LogP contribution in [-0.4, -0.2) is 36.4 Å². The van der Waals surface area contributed by atoms with Gasteiger partial charge >= 0.3 is 12.3 Å². The van der Waals surface area contributed by atoms with Gasteiger partial charge in [0.15, 0.2) is 22.3 Å². The van der Waals surface area contributed by atoms with Crippen molar-refractivity contribution in [1.29, 1.82) is 0 Å². The predicted molar refractivity (Wildman–Crippen MR) is 118 cm³/mol. The van der Waals surface area contributed by atoms with Crippen molar-refractivity contribution in [3.8, 4) is 17.0 Å². The molecule has 0 saturated carbocycles. The van der Waals surface area contributed by atoms with E-state index in [-0.39, 0.29) is 22.6 Å². The van der Waals surface area contributed by atoms with E-state index in [0.29, 0.717) is 17.0 Å². The molecule has 1 aromatic carbocycles. The molecule has 178 valence electrons. The lowest BCUT2D eigenvalue weighted by Crippen LogP contribution is -2.37. The van der Waals surface area contributed by atoms with Gasteiger partial charge in [-0.15, -0.1) is 11.3 Å². The average molecular weight is 494 g/mol. The van der Waals surface area contributed by atoms with Gasteiger partial charge in [-0.05, 0) is 18.2 Å². The number of carbonyl (C=O) groups is 1. The molecule has 4 rings (SSSR count). The number of amides is 1. The molecule has 4 aromatic rings. The summed E-state index contributed by atoms with van der Waals surface area (Å²) in [4.78, 5) is 41.6. The van der Waals surface area contributed by atoms with Crippen LogP contribution in [0.2, 0.25) is 0 Å². The molecule has 10 nitrogen and oxygen atoms in total. The van der Waals surface area contributed by atoms with Crippen LogP contribution in [0.4, 0.5) is 18.3 Å². The normalized spacial score (nSPS) is 11.4. The minimum absolute atomic E-state index is 0.156. The summed E-state index contributed by atoms with van der Waals surface area (Å²) in [5.41, 5.74) is 0.00272. The van der Waals surface area contributed by atoms with Gasteiger partial charge in [-0.1, -0.05) is 0 Å². The highest BCUT2D eigenvalue weighted by atomic mass is 32.1. The molecular weight excluding hydrogens is 477 g/mol. The molecule has 14 heteroatoms. The fourth-order valence-electron chi connectivity index (χ4n) is 3.40. The van der Waals surface area contributed by atoms with Crippen molar-refractivity contribution in [1.82, 2.24) is 23.9 Å². The number of halogens is 3. The average Bonchev–Trinajstić information content (AvgIpc) is 3.36. The smallest absolute Gasteiger partial charge is 0.387 e. The topological polar surface area (TPSA) is 113 Å². The third-order valence-corrected chi connectivity index (χ3v) is 5.84. The molecule has 0 aliphatic carbocycles. The van der Waals surface area contributed by atoms with Crippen molar-refractivity contribution >= 4 is 33.4 Å². The lowest BCUT2D eigenvalue weighted by atomic mass is 10.1. The number of benzene rings is 1. The maximum atomic E-state index is 14.0. The summed E-state index contributed by atoms with van der Waals surface area (Å²) < 4.78 is 46.2. The third-order valence-electron chi connectivity index (χ3n) is 5.08. The van der Waals surface area contributed by atoms with Gasteiger partial charge in [-0.25, -0.2) is 14.2 Å². The molecule has 0 aliphatic rings. The van der Waals surface area contributed by atoms with Crippen LogP contribution in [0.1, 0.15) is 5.69 Å². The highest BCUT2D eigenvalue weighted by Crippen LogP contribution is 2.29. The molecule has 0 saturated heterocycles. The Labute approximate surface area is 192 Å². The zero-order valence-corrected chi connectivity index (χ0v) is 18.8. The number of hydrogen-bond donors (Lipinski definition) is 1. The van der Waals surface area contributed by atoms with Gasteiger partial charge in [0, 0.05) is 32.1 Å². The Hall–Kier alpha value is -3.94. The first-order valence-electron chi connectivity index (χ1n) is 9.68. The number of nitrogens with zero attached hydrogens (tertiary/aromatic N) is 5. The van der Waals surface area contributed by atoms with E-state index in [4.69, 9.17) is 0 Å². The Balaban J connectivity index is 1.55. The molecule has 0 bridgehead atoms. The molecule has 34 heavy (non-hydrogen) atoms. The second kappa shape index (κ2) is 8.78. The van der Waals surface area contributed by atoms with Crippen LogP contribution >= 0.6 is 11.3 Å². The summed E-state index contributed by atoms with van der Waals surface area (Å²) >= 11 is 1.07. The molecule has 0 fully saturated rings. The third kappa shape index (κ3) is 4.19. The fraction of sp³-hybridized carbons (Fsp3) is 0.250. The molecule has 0 unspecified atom stereocenters. The maximum absolute atomic E-state index is 14.0. The van der Waals surface area contributed by atoms with E-state index in [1.807, 2.05) is 0 Å². The molecular formula is C20H17F3N6O4S. The van der Waals surface area contributed by atoms with Crippen molar-refractivity contribution in [3.63, 3.8) is 0 Å². The van der Waals surface area contributed by atoms with Crippen molar-refractivity contribution in [2.24, 2.45) is 21.1 Å². The standard InChI is InChI=1S/C20H17F3N6O4S/c1-27-16-15(17(31)28(2)20(27)32)12(29(3)26-16)7-14(30)25-19-24-11(8-34-19)9-4-5-13(10(21)6-9)33-18(22)23/h4-6,8,18H,7H2,1-3H3,(H,24,25,30). The van der Waals surface area contributed by atoms with Gasteiger partial charge in [-0.3, -0.25) is 23.4 Å². The number of ether oxygens (including phenoxy) is 1. The summed E-state index contributed by atoms with van der Waals surface area (Å²) in [6, 6.07) is 3.43. The highest BCUT2D eigenvalue weighted by molar-refractivity contribution is 7.14. The van der Waals surface area contributed by atoms with Crippen molar-refractivity contribution < 1.29 is 22.7 Å². The largest absolute Gasteiger partial charge is 0.432 e. The first-order valence-corrected chi connectivity index (χ1v) is 10.6. The zero-order chi connectivity index (χ0) is 24.7. The molecule has 3 aromatic heterocycles. The number of carbonyl (C=O) groups excluding carboxylic acids is 1. The Morgan fingerprint density at radius 2 is 1.94 bits per heavy atom. The molecule has 1 amide bonds. The van der Waals surface area contributed by atoms with E-state index < -0.39 is 35.3 Å². The summed E-state index contributed by atoms with van der Waals surface area (Å²) in [5, 5.41) is 8.72. The molecule has 0 atom stereocenters. The van der Waals surface area contributed by atoms with Crippen LogP contribution in [-0.2, 0) is 32.4 Å². The van der Waals surface area contributed by atoms with Gasteiger partial charge in [0.1, 0.15) is 5.39 Å². The van der Waals surface area contributed by atoms with Crippen molar-refractivity contribution in [2.75, 3.05) is 5.32 Å². The first kappa shape index (κ1) is 23.2. The van der Waals surface area contributed by atoms with E-state index in [1.54, 1.807) is 12.4 Å². The van der Waals surface area contributed by atoms with E-state index in [1.165, 1.54) is 29.4 Å². The summed E-state index contributed by atoms with van der Waals surface area (Å²) in [6.45, 7) is -3.15. The number of alkyl halides is 2. The predicted octanol–water partition coefficient (Wildman–Crippen LogP) is 2.02. The Morgan fingerprint density at radius 1 is 1.21 bits per heavy atom. The molecule has 0 spiro atoms. The minimum Gasteiger partial charge on any atom is -0.432 e. The Kier molecular flexibility index (Phi) is 6.00. The van der Waals surface area contributed by atoms with Gasteiger partial charge in [-0.2, -0.15) is 13.9 Å². The molecule has 3 heterocycles. The van der Waals surface area contributed by atoms with E-state index in [9.17, 15) is 27.6 Å². The van der Waals surface area contributed by atoms with E-state index in [2.05, 4.69) is 20.1 Å². The number of thiazole rings is 1. The summed E-state index contributed by atoms with van der Waals surface area (Å²) in [5.74, 6) is -2.06. The monoisotopic (exact) mass is 494 g/mol. The zero-order valence-electron chi connectivity index (χ0n) is 18.0. The van der Waals surface area contributed by atoms with Gasteiger partial charge < -0.3 is 10.1 Å². The number of fused-ring (bicyclic) bond motifs is 1. The van der Waals surface area contributed by atoms with Crippen LogP contribution in [0.5, 0.6) is 5.75 Å².